The first-order valence-electron chi connectivity index (χ1n) is 6.11. The molecule has 0 aliphatic heterocycles. The molecule has 108 valence electrons. The molecule has 7 heteroatoms. The van der Waals surface area contributed by atoms with Crippen molar-refractivity contribution in [2.75, 3.05) is 44.9 Å². The highest BCUT2D eigenvalue weighted by Gasteiger charge is 2.10. The third-order valence-electron chi connectivity index (χ3n) is 2.66. The second-order valence-electron chi connectivity index (χ2n) is 4.14. The summed E-state index contributed by atoms with van der Waals surface area (Å²) in [7, 11) is -1.23. The van der Waals surface area contributed by atoms with Crippen LogP contribution in [0.2, 0.25) is 0 Å². The summed E-state index contributed by atoms with van der Waals surface area (Å²) < 4.78 is 27.8. The molecule has 0 fully saturated rings. The average Bonchev–Trinajstić information content (AvgIpc) is 2.31. The standard InChI is InChI=1S/C11H24N2O3S2/c1-3-18(14,15)10-4-6-13(8-9-16-2)7-5-11(12)17/h3-10H2,1-2H3,(H2,12,17). The summed E-state index contributed by atoms with van der Waals surface area (Å²) >= 11 is 4.84. The predicted molar refractivity (Wildman–Crippen MR) is 78.7 cm³/mol. The number of ether oxygens (including phenoxy) is 1. The molecule has 0 bridgehead atoms. The Balaban J connectivity index is 4.03. The molecule has 0 aromatic rings. The SMILES string of the molecule is CCS(=O)(=O)CCCN(CCOC)CCC(N)=S. The lowest BCUT2D eigenvalue weighted by Gasteiger charge is -2.21. The minimum atomic E-state index is -2.88. The largest absolute Gasteiger partial charge is 0.393 e. The van der Waals surface area contributed by atoms with E-state index in [1.165, 1.54) is 0 Å². The fourth-order valence-electron chi connectivity index (χ4n) is 1.48. The third-order valence-corrected chi connectivity index (χ3v) is 4.65. The number of hydrogen-bond donors (Lipinski definition) is 1. The van der Waals surface area contributed by atoms with Gasteiger partial charge in [0, 0.05) is 32.4 Å². The molecule has 2 N–H and O–H groups in total. The van der Waals surface area contributed by atoms with Gasteiger partial charge in [-0.1, -0.05) is 19.1 Å². The molecule has 0 atom stereocenters. The fourth-order valence-corrected chi connectivity index (χ4v) is 2.43. The highest BCUT2D eigenvalue weighted by atomic mass is 32.2. The number of thiocarbonyl (C=S) groups is 1. The highest BCUT2D eigenvalue weighted by Crippen LogP contribution is 1.99. The third kappa shape index (κ3) is 9.76. The van der Waals surface area contributed by atoms with E-state index in [9.17, 15) is 8.42 Å². The maximum absolute atomic E-state index is 11.4. The van der Waals surface area contributed by atoms with Gasteiger partial charge in [-0.25, -0.2) is 8.42 Å². The van der Waals surface area contributed by atoms with E-state index >= 15 is 0 Å². The van der Waals surface area contributed by atoms with Gasteiger partial charge in [0.1, 0.15) is 9.84 Å². The molecule has 18 heavy (non-hydrogen) atoms. The zero-order chi connectivity index (χ0) is 14.0. The number of methoxy groups -OCH3 is 1. The van der Waals surface area contributed by atoms with Crippen molar-refractivity contribution in [3.8, 4) is 0 Å². The topological polar surface area (TPSA) is 72.6 Å². The first kappa shape index (κ1) is 17.8. The zero-order valence-electron chi connectivity index (χ0n) is 11.2. The van der Waals surface area contributed by atoms with Gasteiger partial charge in [0.25, 0.3) is 0 Å². The number of nitrogens with two attached hydrogens (primary N) is 1. The van der Waals surface area contributed by atoms with Gasteiger partial charge in [-0.2, -0.15) is 0 Å². The summed E-state index contributed by atoms with van der Waals surface area (Å²) in [4.78, 5) is 2.62. The molecule has 0 aromatic carbocycles. The van der Waals surface area contributed by atoms with Crippen LogP contribution in [0.15, 0.2) is 0 Å². The van der Waals surface area contributed by atoms with E-state index < -0.39 is 9.84 Å². The van der Waals surface area contributed by atoms with Crippen molar-refractivity contribution in [3.63, 3.8) is 0 Å². The molecule has 0 radical (unpaired) electrons. The molecule has 5 nitrogen and oxygen atoms in total. The van der Waals surface area contributed by atoms with Crippen molar-refractivity contribution in [1.82, 2.24) is 4.90 Å². The molecule has 0 unspecified atom stereocenters. The maximum atomic E-state index is 11.4. The van der Waals surface area contributed by atoms with Gasteiger partial charge in [-0.05, 0) is 13.0 Å². The summed E-state index contributed by atoms with van der Waals surface area (Å²) in [6, 6.07) is 0. The normalized spacial score (nSPS) is 11.9. The Morgan fingerprint density at radius 3 is 2.50 bits per heavy atom. The van der Waals surface area contributed by atoms with Gasteiger partial charge in [0.15, 0.2) is 0 Å². The summed E-state index contributed by atoms with van der Waals surface area (Å²) in [5.74, 6) is 0.442. The Kier molecular flexibility index (Phi) is 9.53. The van der Waals surface area contributed by atoms with Crippen LogP contribution in [-0.4, -0.2) is 63.2 Å². The van der Waals surface area contributed by atoms with Crippen molar-refractivity contribution in [1.29, 1.82) is 0 Å². The van der Waals surface area contributed by atoms with Gasteiger partial charge < -0.3 is 15.4 Å². The van der Waals surface area contributed by atoms with E-state index in [0.717, 1.165) is 19.6 Å². The molecule has 0 aromatic heterocycles. The predicted octanol–water partition coefficient (Wildman–Crippen LogP) is 0.436. The van der Waals surface area contributed by atoms with Crippen LogP contribution in [0.5, 0.6) is 0 Å². The molecular formula is C11H24N2O3S2. The van der Waals surface area contributed by atoms with Crippen LogP contribution in [-0.2, 0) is 14.6 Å². The van der Waals surface area contributed by atoms with Crippen molar-refractivity contribution < 1.29 is 13.2 Å². The first-order valence-corrected chi connectivity index (χ1v) is 8.34. The zero-order valence-corrected chi connectivity index (χ0v) is 12.9. The quantitative estimate of drug-likeness (QED) is 0.558. The van der Waals surface area contributed by atoms with Crippen molar-refractivity contribution >= 4 is 27.0 Å². The van der Waals surface area contributed by atoms with E-state index in [1.54, 1.807) is 14.0 Å². The van der Waals surface area contributed by atoms with E-state index in [-0.39, 0.29) is 11.5 Å². The van der Waals surface area contributed by atoms with Crippen LogP contribution in [0.4, 0.5) is 0 Å². The minimum Gasteiger partial charge on any atom is -0.393 e. The Hall–Kier alpha value is -0.240. The molecule has 0 amide bonds. The van der Waals surface area contributed by atoms with E-state index in [2.05, 4.69) is 4.90 Å². The summed E-state index contributed by atoms with van der Waals surface area (Å²) in [5, 5.41) is 0. The number of rotatable bonds is 11. The van der Waals surface area contributed by atoms with E-state index in [1.807, 2.05) is 0 Å². The van der Waals surface area contributed by atoms with Crippen LogP contribution in [0.3, 0.4) is 0 Å². The van der Waals surface area contributed by atoms with Gasteiger partial charge in [0.2, 0.25) is 0 Å². The average molecular weight is 296 g/mol. The minimum absolute atomic E-state index is 0.206. The second-order valence-corrected chi connectivity index (χ2v) is 7.14. The summed E-state index contributed by atoms with van der Waals surface area (Å²) in [5.41, 5.74) is 5.47. The van der Waals surface area contributed by atoms with Crippen LogP contribution < -0.4 is 5.73 Å². The van der Waals surface area contributed by atoms with Crippen LogP contribution in [0.1, 0.15) is 19.8 Å². The molecule has 0 aliphatic carbocycles. The monoisotopic (exact) mass is 296 g/mol. The molecule has 0 saturated heterocycles. The molecule has 0 spiro atoms. The highest BCUT2D eigenvalue weighted by molar-refractivity contribution is 7.91. The van der Waals surface area contributed by atoms with Crippen molar-refractivity contribution in [2.24, 2.45) is 5.73 Å². The van der Waals surface area contributed by atoms with Crippen molar-refractivity contribution in [3.05, 3.63) is 0 Å². The fraction of sp³-hybridized carbons (Fsp3) is 0.909. The lowest BCUT2D eigenvalue weighted by molar-refractivity contribution is 0.149. The Morgan fingerprint density at radius 2 is 2.00 bits per heavy atom. The Labute approximate surface area is 116 Å². The summed E-state index contributed by atoms with van der Waals surface area (Å²) in [6.07, 6.45) is 1.29. The molecule has 0 saturated carbocycles. The van der Waals surface area contributed by atoms with Crippen LogP contribution >= 0.6 is 12.2 Å². The Morgan fingerprint density at radius 1 is 1.33 bits per heavy atom. The van der Waals surface area contributed by atoms with Crippen LogP contribution in [0.25, 0.3) is 0 Å². The lowest BCUT2D eigenvalue weighted by Crippen LogP contribution is -2.32. The van der Waals surface area contributed by atoms with Gasteiger partial charge in [-0.3, -0.25) is 0 Å². The number of nitrogens with zero attached hydrogens (tertiary/aromatic N) is 1. The number of sulfone groups is 1. The lowest BCUT2D eigenvalue weighted by atomic mass is 10.3. The first-order chi connectivity index (χ1) is 8.41. The molecule has 0 rings (SSSR count). The van der Waals surface area contributed by atoms with Gasteiger partial charge in [0.05, 0.1) is 17.3 Å². The molecule has 0 heterocycles. The van der Waals surface area contributed by atoms with E-state index in [0.29, 0.717) is 24.4 Å². The van der Waals surface area contributed by atoms with Gasteiger partial charge in [-0.15, -0.1) is 0 Å². The van der Waals surface area contributed by atoms with Crippen LogP contribution in [0, 0.1) is 0 Å². The Bertz CT molecular complexity index is 331. The molecular weight excluding hydrogens is 272 g/mol. The van der Waals surface area contributed by atoms with E-state index in [4.69, 9.17) is 22.7 Å². The smallest absolute Gasteiger partial charge is 0.150 e. The molecule has 0 aliphatic rings. The van der Waals surface area contributed by atoms with Crippen molar-refractivity contribution in [2.45, 2.75) is 19.8 Å². The number of hydrogen-bond acceptors (Lipinski definition) is 5. The van der Waals surface area contributed by atoms with Gasteiger partial charge >= 0.3 is 0 Å². The second kappa shape index (κ2) is 9.66. The summed E-state index contributed by atoms with van der Waals surface area (Å²) in [6.45, 7) is 4.55. The maximum Gasteiger partial charge on any atom is 0.150 e.